The fraction of sp³-hybridized carbons (Fsp3) is 0.333. The quantitative estimate of drug-likeness (QED) is 0.671. The standard InChI is InChI=1S/C9H12O2/c10-6-9(7-11)8-4-2-1-3-5-8/h1-5,9-11H,6-7H2. The van der Waals surface area contributed by atoms with Gasteiger partial charge in [-0.2, -0.15) is 0 Å². The third kappa shape index (κ3) is 2.03. The first-order chi connectivity index (χ1) is 5.38. The molecule has 0 unspecified atom stereocenters. The van der Waals surface area contributed by atoms with Crippen LogP contribution in [0.1, 0.15) is 11.5 Å². The highest BCUT2D eigenvalue weighted by molar-refractivity contribution is 5.19. The van der Waals surface area contributed by atoms with E-state index in [0.717, 1.165) is 5.56 Å². The summed E-state index contributed by atoms with van der Waals surface area (Å²) < 4.78 is 0. The van der Waals surface area contributed by atoms with Gasteiger partial charge < -0.3 is 10.2 Å². The smallest absolute Gasteiger partial charge is 0.0521 e. The summed E-state index contributed by atoms with van der Waals surface area (Å²) >= 11 is 0. The van der Waals surface area contributed by atoms with Gasteiger partial charge in [-0.15, -0.1) is 0 Å². The van der Waals surface area contributed by atoms with Crippen molar-refractivity contribution < 1.29 is 10.2 Å². The minimum Gasteiger partial charge on any atom is -0.396 e. The SMILES string of the molecule is OCC(CO)c1ccccc1. The lowest BCUT2D eigenvalue weighted by molar-refractivity contribution is 0.192. The normalized spacial score (nSPS) is 10.5. The van der Waals surface area contributed by atoms with Crippen LogP contribution in [0.2, 0.25) is 0 Å². The first kappa shape index (κ1) is 8.24. The van der Waals surface area contributed by atoms with E-state index in [0.29, 0.717) is 0 Å². The second-order valence-corrected chi connectivity index (χ2v) is 2.47. The molecule has 1 aromatic carbocycles. The van der Waals surface area contributed by atoms with Gasteiger partial charge in [-0.25, -0.2) is 0 Å². The summed E-state index contributed by atoms with van der Waals surface area (Å²) in [5.74, 6) is -0.129. The number of aliphatic hydroxyl groups excluding tert-OH is 2. The lowest BCUT2D eigenvalue weighted by atomic mass is 10.0. The zero-order chi connectivity index (χ0) is 8.10. The molecular weight excluding hydrogens is 140 g/mol. The van der Waals surface area contributed by atoms with E-state index in [9.17, 15) is 0 Å². The molecule has 0 atom stereocenters. The molecule has 2 heteroatoms. The molecule has 0 radical (unpaired) electrons. The molecule has 2 nitrogen and oxygen atoms in total. The topological polar surface area (TPSA) is 40.5 Å². The van der Waals surface area contributed by atoms with Gasteiger partial charge in [0, 0.05) is 5.92 Å². The summed E-state index contributed by atoms with van der Waals surface area (Å²) in [4.78, 5) is 0. The van der Waals surface area contributed by atoms with E-state index in [1.165, 1.54) is 0 Å². The van der Waals surface area contributed by atoms with Crippen LogP contribution in [0.25, 0.3) is 0 Å². The van der Waals surface area contributed by atoms with Gasteiger partial charge >= 0.3 is 0 Å². The van der Waals surface area contributed by atoms with Crippen molar-refractivity contribution in [1.29, 1.82) is 0 Å². The molecule has 60 valence electrons. The van der Waals surface area contributed by atoms with Gasteiger partial charge in [0.2, 0.25) is 0 Å². The third-order valence-corrected chi connectivity index (χ3v) is 1.71. The summed E-state index contributed by atoms with van der Waals surface area (Å²) in [5.41, 5.74) is 0.984. The summed E-state index contributed by atoms with van der Waals surface area (Å²) in [6.07, 6.45) is 0. The molecule has 0 saturated heterocycles. The van der Waals surface area contributed by atoms with Crippen LogP contribution in [-0.4, -0.2) is 23.4 Å². The molecule has 0 aliphatic heterocycles. The van der Waals surface area contributed by atoms with Crippen molar-refractivity contribution >= 4 is 0 Å². The van der Waals surface area contributed by atoms with Crippen LogP contribution in [0, 0.1) is 0 Å². The lowest BCUT2D eigenvalue weighted by Crippen LogP contribution is -2.08. The van der Waals surface area contributed by atoms with Crippen LogP contribution >= 0.6 is 0 Å². The van der Waals surface area contributed by atoms with E-state index in [-0.39, 0.29) is 19.1 Å². The van der Waals surface area contributed by atoms with Gasteiger partial charge in [0.1, 0.15) is 0 Å². The molecule has 11 heavy (non-hydrogen) atoms. The molecule has 1 aromatic rings. The average Bonchev–Trinajstić information content (AvgIpc) is 2.09. The minimum absolute atomic E-state index is 0.000509. The van der Waals surface area contributed by atoms with Crippen LogP contribution in [-0.2, 0) is 0 Å². The van der Waals surface area contributed by atoms with Crippen molar-refractivity contribution in [3.8, 4) is 0 Å². The van der Waals surface area contributed by atoms with Crippen molar-refractivity contribution in [1.82, 2.24) is 0 Å². The maximum atomic E-state index is 8.82. The first-order valence-electron chi connectivity index (χ1n) is 3.65. The van der Waals surface area contributed by atoms with Gasteiger partial charge in [-0.3, -0.25) is 0 Å². The van der Waals surface area contributed by atoms with Crippen molar-refractivity contribution in [2.24, 2.45) is 0 Å². The van der Waals surface area contributed by atoms with E-state index in [1.807, 2.05) is 30.3 Å². The van der Waals surface area contributed by atoms with Crippen LogP contribution in [0.15, 0.2) is 30.3 Å². The second kappa shape index (κ2) is 4.11. The molecule has 0 aliphatic rings. The van der Waals surface area contributed by atoms with Crippen LogP contribution < -0.4 is 0 Å². The average molecular weight is 152 g/mol. The maximum Gasteiger partial charge on any atom is 0.0521 e. The van der Waals surface area contributed by atoms with E-state index >= 15 is 0 Å². The Hall–Kier alpha value is -0.860. The number of hydrogen-bond acceptors (Lipinski definition) is 2. The Kier molecular flexibility index (Phi) is 3.08. The van der Waals surface area contributed by atoms with E-state index in [4.69, 9.17) is 10.2 Å². The summed E-state index contributed by atoms with van der Waals surface area (Å²) in [7, 11) is 0. The van der Waals surface area contributed by atoms with Crippen LogP contribution in [0.3, 0.4) is 0 Å². The van der Waals surface area contributed by atoms with Crippen molar-refractivity contribution in [2.45, 2.75) is 5.92 Å². The first-order valence-corrected chi connectivity index (χ1v) is 3.65. The molecule has 2 N–H and O–H groups in total. The molecule has 0 aromatic heterocycles. The van der Waals surface area contributed by atoms with Gasteiger partial charge in [0.15, 0.2) is 0 Å². The molecule has 0 spiro atoms. The molecule has 0 amide bonds. The van der Waals surface area contributed by atoms with E-state index < -0.39 is 0 Å². The molecule has 0 heterocycles. The number of aliphatic hydroxyl groups is 2. The third-order valence-electron chi connectivity index (χ3n) is 1.71. The maximum absolute atomic E-state index is 8.82. The number of hydrogen-bond donors (Lipinski definition) is 2. The molecule has 1 rings (SSSR count). The highest BCUT2D eigenvalue weighted by Crippen LogP contribution is 2.12. The van der Waals surface area contributed by atoms with Crippen molar-refractivity contribution in [2.75, 3.05) is 13.2 Å². The number of benzene rings is 1. The fourth-order valence-electron chi connectivity index (χ4n) is 0.994. The Balaban J connectivity index is 2.74. The summed E-state index contributed by atoms with van der Waals surface area (Å²) in [5, 5.41) is 17.6. The zero-order valence-corrected chi connectivity index (χ0v) is 6.27. The second-order valence-electron chi connectivity index (χ2n) is 2.47. The van der Waals surface area contributed by atoms with Crippen molar-refractivity contribution in [3.05, 3.63) is 35.9 Å². The van der Waals surface area contributed by atoms with Crippen LogP contribution in [0.5, 0.6) is 0 Å². The van der Waals surface area contributed by atoms with Gasteiger partial charge in [-0.1, -0.05) is 30.3 Å². The highest BCUT2D eigenvalue weighted by atomic mass is 16.3. The van der Waals surface area contributed by atoms with Crippen molar-refractivity contribution in [3.63, 3.8) is 0 Å². The van der Waals surface area contributed by atoms with E-state index in [1.54, 1.807) is 0 Å². The fourth-order valence-corrected chi connectivity index (χ4v) is 0.994. The Morgan fingerprint density at radius 2 is 1.55 bits per heavy atom. The zero-order valence-electron chi connectivity index (χ0n) is 6.27. The lowest BCUT2D eigenvalue weighted by Gasteiger charge is -2.09. The summed E-state index contributed by atoms with van der Waals surface area (Å²) in [6, 6.07) is 9.50. The van der Waals surface area contributed by atoms with Gasteiger partial charge in [0.05, 0.1) is 13.2 Å². The monoisotopic (exact) mass is 152 g/mol. The van der Waals surface area contributed by atoms with Gasteiger partial charge in [0.25, 0.3) is 0 Å². The van der Waals surface area contributed by atoms with Crippen LogP contribution in [0.4, 0.5) is 0 Å². The molecule has 0 aliphatic carbocycles. The van der Waals surface area contributed by atoms with Gasteiger partial charge in [-0.05, 0) is 5.56 Å². The predicted octanol–water partition coefficient (Wildman–Crippen LogP) is 0.755. The Bertz CT molecular complexity index is 192. The Labute approximate surface area is 66.1 Å². The molecule has 0 bridgehead atoms. The molecule has 0 saturated carbocycles. The Morgan fingerprint density at radius 1 is 1.00 bits per heavy atom. The highest BCUT2D eigenvalue weighted by Gasteiger charge is 2.06. The minimum atomic E-state index is -0.129. The summed E-state index contributed by atoms with van der Waals surface area (Å²) in [6.45, 7) is 0.00102. The number of rotatable bonds is 3. The largest absolute Gasteiger partial charge is 0.396 e. The molecule has 0 fully saturated rings. The predicted molar refractivity (Wildman–Crippen MR) is 43.4 cm³/mol. The molecular formula is C9H12O2. The Morgan fingerprint density at radius 3 is 2.00 bits per heavy atom. The van der Waals surface area contributed by atoms with E-state index in [2.05, 4.69) is 0 Å².